The zero-order chi connectivity index (χ0) is 9.10. The fourth-order valence-corrected chi connectivity index (χ4v) is 1.79. The monoisotopic (exact) mass is 178 g/mol. The van der Waals surface area contributed by atoms with Gasteiger partial charge < -0.3 is 10.1 Å². The molecule has 0 spiro atoms. The van der Waals surface area contributed by atoms with Gasteiger partial charge in [0, 0.05) is 17.8 Å². The Morgan fingerprint density at radius 1 is 1.62 bits per heavy atom. The molecule has 13 heavy (non-hydrogen) atoms. The van der Waals surface area contributed by atoms with Crippen molar-refractivity contribution in [2.45, 2.75) is 18.9 Å². The minimum Gasteiger partial charge on any atom is -0.481 e. The average molecular weight is 178 g/mol. The normalized spacial score (nSPS) is 21.8. The van der Waals surface area contributed by atoms with Crippen molar-refractivity contribution < 1.29 is 4.74 Å². The van der Waals surface area contributed by atoms with Crippen LogP contribution >= 0.6 is 0 Å². The number of nitrogens with one attached hydrogen (secondary N) is 1. The topological polar surface area (TPSA) is 34.1 Å². The van der Waals surface area contributed by atoms with Crippen LogP contribution in [0.4, 0.5) is 0 Å². The van der Waals surface area contributed by atoms with Gasteiger partial charge in [0.05, 0.1) is 7.11 Å². The van der Waals surface area contributed by atoms with E-state index in [1.807, 2.05) is 6.07 Å². The first kappa shape index (κ1) is 8.51. The lowest BCUT2D eigenvalue weighted by atomic mass is 10.1. The summed E-state index contributed by atoms with van der Waals surface area (Å²) in [6.45, 7) is 1.10. The van der Waals surface area contributed by atoms with Gasteiger partial charge in [-0.15, -0.1) is 0 Å². The highest BCUT2D eigenvalue weighted by molar-refractivity contribution is 5.29. The predicted molar refractivity (Wildman–Crippen MR) is 50.8 cm³/mol. The Morgan fingerprint density at radius 2 is 2.54 bits per heavy atom. The molecule has 1 N–H and O–H groups in total. The minimum absolute atomic E-state index is 0.434. The van der Waals surface area contributed by atoms with Gasteiger partial charge in [-0.05, 0) is 25.5 Å². The van der Waals surface area contributed by atoms with Gasteiger partial charge in [-0.1, -0.05) is 6.07 Å². The Bertz CT molecular complexity index is 282. The lowest BCUT2D eigenvalue weighted by Crippen LogP contribution is -2.14. The van der Waals surface area contributed by atoms with E-state index in [-0.39, 0.29) is 0 Å². The maximum atomic E-state index is 5.21. The highest BCUT2D eigenvalue weighted by Gasteiger charge is 2.19. The summed E-state index contributed by atoms with van der Waals surface area (Å²) >= 11 is 0. The number of methoxy groups -OCH3 is 1. The minimum atomic E-state index is 0.434. The van der Waals surface area contributed by atoms with Crippen molar-refractivity contribution in [1.82, 2.24) is 10.3 Å². The van der Waals surface area contributed by atoms with Crippen LogP contribution in [0.1, 0.15) is 24.4 Å². The van der Waals surface area contributed by atoms with Gasteiger partial charge in [0.25, 0.3) is 0 Å². The highest BCUT2D eigenvalue weighted by atomic mass is 16.5. The fourth-order valence-electron chi connectivity index (χ4n) is 1.79. The van der Waals surface area contributed by atoms with Crippen LogP contribution in [0.2, 0.25) is 0 Å². The first-order valence-electron chi connectivity index (χ1n) is 4.64. The second kappa shape index (κ2) is 3.75. The predicted octanol–water partition coefficient (Wildman–Crippen LogP) is 1.51. The van der Waals surface area contributed by atoms with Crippen LogP contribution in [0.25, 0.3) is 0 Å². The third-order valence-electron chi connectivity index (χ3n) is 2.43. The van der Waals surface area contributed by atoms with Crippen molar-refractivity contribution in [2.24, 2.45) is 0 Å². The first-order valence-corrected chi connectivity index (χ1v) is 4.64. The maximum Gasteiger partial charge on any atom is 0.217 e. The Kier molecular flexibility index (Phi) is 2.45. The van der Waals surface area contributed by atoms with Gasteiger partial charge in [-0.25, -0.2) is 4.98 Å². The van der Waals surface area contributed by atoms with E-state index in [4.69, 9.17) is 4.74 Å². The standard InChI is InChI=1S/C10H14N2O/c1-13-10-8(4-2-7-12-10)9-5-3-6-11-9/h2,4,7,9,11H,3,5-6H2,1H3. The molecule has 1 fully saturated rings. The maximum absolute atomic E-state index is 5.21. The highest BCUT2D eigenvalue weighted by Crippen LogP contribution is 2.28. The molecule has 1 aliphatic heterocycles. The molecule has 70 valence electrons. The van der Waals surface area contributed by atoms with Crippen molar-refractivity contribution in [3.8, 4) is 5.88 Å². The zero-order valence-electron chi connectivity index (χ0n) is 7.79. The summed E-state index contributed by atoms with van der Waals surface area (Å²) in [6, 6.07) is 4.47. The Morgan fingerprint density at radius 3 is 3.23 bits per heavy atom. The van der Waals surface area contributed by atoms with Crippen LogP contribution in [0.5, 0.6) is 5.88 Å². The van der Waals surface area contributed by atoms with E-state index in [9.17, 15) is 0 Å². The van der Waals surface area contributed by atoms with Crippen molar-refractivity contribution in [1.29, 1.82) is 0 Å². The van der Waals surface area contributed by atoms with Crippen molar-refractivity contribution in [3.05, 3.63) is 23.9 Å². The molecule has 1 unspecified atom stereocenters. The van der Waals surface area contributed by atoms with Gasteiger partial charge in [0.2, 0.25) is 5.88 Å². The molecular weight excluding hydrogens is 164 g/mol. The van der Waals surface area contributed by atoms with E-state index in [0.29, 0.717) is 6.04 Å². The Hall–Kier alpha value is -1.09. The number of hydrogen-bond donors (Lipinski definition) is 1. The number of aromatic nitrogens is 1. The number of hydrogen-bond acceptors (Lipinski definition) is 3. The van der Waals surface area contributed by atoms with Crippen molar-refractivity contribution in [2.75, 3.05) is 13.7 Å². The van der Waals surface area contributed by atoms with E-state index in [1.54, 1.807) is 13.3 Å². The van der Waals surface area contributed by atoms with E-state index in [2.05, 4.69) is 16.4 Å². The molecule has 0 bridgehead atoms. The summed E-state index contributed by atoms with van der Waals surface area (Å²) in [5, 5.41) is 3.43. The summed E-state index contributed by atoms with van der Waals surface area (Å²) in [6.07, 6.45) is 4.18. The van der Waals surface area contributed by atoms with E-state index < -0.39 is 0 Å². The summed E-state index contributed by atoms with van der Waals surface area (Å²) in [5.41, 5.74) is 1.18. The second-order valence-electron chi connectivity index (χ2n) is 3.25. The molecule has 1 atom stereocenters. The van der Waals surface area contributed by atoms with Crippen LogP contribution in [0.15, 0.2) is 18.3 Å². The third kappa shape index (κ3) is 1.65. The lowest BCUT2D eigenvalue weighted by Gasteiger charge is -2.12. The molecule has 0 amide bonds. The summed E-state index contributed by atoms with van der Waals surface area (Å²) < 4.78 is 5.21. The van der Waals surface area contributed by atoms with Crippen LogP contribution in [-0.4, -0.2) is 18.6 Å². The summed E-state index contributed by atoms with van der Waals surface area (Å²) in [4.78, 5) is 4.18. The van der Waals surface area contributed by atoms with Gasteiger partial charge in [-0.2, -0.15) is 0 Å². The summed E-state index contributed by atoms with van der Waals surface area (Å²) in [5.74, 6) is 0.752. The number of rotatable bonds is 2. The molecule has 0 radical (unpaired) electrons. The molecular formula is C10H14N2O. The molecule has 1 aliphatic rings. The molecule has 3 nitrogen and oxygen atoms in total. The quantitative estimate of drug-likeness (QED) is 0.745. The first-order chi connectivity index (χ1) is 6.42. The number of pyridine rings is 1. The molecule has 0 aromatic carbocycles. The van der Waals surface area contributed by atoms with Crippen molar-refractivity contribution in [3.63, 3.8) is 0 Å². The molecule has 1 saturated heterocycles. The second-order valence-corrected chi connectivity index (χ2v) is 3.25. The number of ether oxygens (including phenoxy) is 1. The van der Waals surface area contributed by atoms with Crippen molar-refractivity contribution >= 4 is 0 Å². The van der Waals surface area contributed by atoms with Crippen LogP contribution < -0.4 is 10.1 Å². The fraction of sp³-hybridized carbons (Fsp3) is 0.500. The van der Waals surface area contributed by atoms with E-state index in [1.165, 1.54) is 18.4 Å². The van der Waals surface area contributed by atoms with Gasteiger partial charge in [-0.3, -0.25) is 0 Å². The zero-order valence-corrected chi connectivity index (χ0v) is 7.79. The molecule has 1 aromatic heterocycles. The number of nitrogens with zero attached hydrogens (tertiary/aromatic N) is 1. The summed E-state index contributed by atoms with van der Waals surface area (Å²) in [7, 11) is 1.67. The largest absolute Gasteiger partial charge is 0.481 e. The lowest BCUT2D eigenvalue weighted by molar-refractivity contribution is 0.386. The van der Waals surface area contributed by atoms with Crippen LogP contribution in [0.3, 0.4) is 0 Å². The third-order valence-corrected chi connectivity index (χ3v) is 2.43. The van der Waals surface area contributed by atoms with Crippen LogP contribution in [-0.2, 0) is 0 Å². The van der Waals surface area contributed by atoms with Gasteiger partial charge >= 0.3 is 0 Å². The molecule has 3 heteroatoms. The molecule has 2 rings (SSSR count). The Balaban J connectivity index is 2.26. The van der Waals surface area contributed by atoms with Gasteiger partial charge in [0.1, 0.15) is 0 Å². The van der Waals surface area contributed by atoms with E-state index in [0.717, 1.165) is 12.4 Å². The molecule has 2 heterocycles. The average Bonchev–Trinajstić information content (AvgIpc) is 2.70. The van der Waals surface area contributed by atoms with Gasteiger partial charge in [0.15, 0.2) is 0 Å². The Labute approximate surface area is 78.1 Å². The van der Waals surface area contributed by atoms with Crippen LogP contribution in [0, 0.1) is 0 Å². The smallest absolute Gasteiger partial charge is 0.217 e. The molecule has 0 aliphatic carbocycles. The molecule has 1 aromatic rings. The molecule has 0 saturated carbocycles. The SMILES string of the molecule is COc1ncccc1C1CCCN1. The van der Waals surface area contributed by atoms with E-state index >= 15 is 0 Å².